The number of amides is 1. The Morgan fingerprint density at radius 3 is 2.34 bits per heavy atom. The minimum Gasteiger partial charge on any atom is -0.477 e. The van der Waals surface area contributed by atoms with Crippen LogP contribution >= 0.6 is 21.6 Å². The lowest BCUT2D eigenvalue weighted by Crippen LogP contribution is -2.30. The van der Waals surface area contributed by atoms with Crippen molar-refractivity contribution in [3.8, 4) is 0 Å². The first-order valence-corrected chi connectivity index (χ1v) is 11.1. The maximum absolute atomic E-state index is 13.0. The van der Waals surface area contributed by atoms with Gasteiger partial charge in [-0.2, -0.15) is 13.2 Å². The zero-order chi connectivity index (χ0) is 23.5. The highest BCUT2D eigenvalue weighted by Crippen LogP contribution is 2.52. The number of nitrogens with zero attached hydrogens (tertiary/aromatic N) is 3. The van der Waals surface area contributed by atoms with Crippen LogP contribution in [0.25, 0.3) is 0 Å². The fourth-order valence-corrected chi connectivity index (χ4v) is 4.53. The molecule has 0 atom stereocenters. The van der Waals surface area contributed by atoms with Gasteiger partial charge in [0.1, 0.15) is 5.56 Å². The molecule has 2 aromatic rings. The fraction of sp³-hybridized carbons (Fsp3) is 0.222. The summed E-state index contributed by atoms with van der Waals surface area (Å²) in [7, 11) is 2.47. The van der Waals surface area contributed by atoms with Crippen LogP contribution in [0.15, 0.2) is 57.6 Å². The van der Waals surface area contributed by atoms with Crippen molar-refractivity contribution in [3.63, 3.8) is 0 Å². The van der Waals surface area contributed by atoms with E-state index in [1.165, 1.54) is 45.9 Å². The standard InChI is InChI=1S/C18H13F3N4O5S2/c19-18(20,21)17(23-24-17)11-3-1-10(2-4-11)15(26)22-7-8-31-32-12-5-6-14(25(29)30)13(9-12)16(27)28/h1-6,9H,7-8H2,(H,22,26)(H,27,28). The third-order valence-corrected chi connectivity index (χ3v) is 6.63. The number of alkyl halides is 3. The predicted octanol–water partition coefficient (Wildman–Crippen LogP) is 4.64. The van der Waals surface area contributed by atoms with Crippen LogP contribution < -0.4 is 5.32 Å². The van der Waals surface area contributed by atoms with E-state index in [9.17, 15) is 32.9 Å². The molecule has 1 aliphatic rings. The summed E-state index contributed by atoms with van der Waals surface area (Å²) in [5, 5.41) is 28.8. The molecule has 1 heterocycles. The molecule has 32 heavy (non-hydrogen) atoms. The largest absolute Gasteiger partial charge is 0.477 e. The Morgan fingerprint density at radius 1 is 1.16 bits per heavy atom. The minimum atomic E-state index is -4.64. The maximum Gasteiger partial charge on any atom is 0.442 e. The van der Waals surface area contributed by atoms with Crippen molar-refractivity contribution >= 4 is 39.2 Å². The van der Waals surface area contributed by atoms with Gasteiger partial charge in [0.25, 0.3) is 11.6 Å². The van der Waals surface area contributed by atoms with Gasteiger partial charge in [-0.1, -0.05) is 33.7 Å². The molecule has 2 N–H and O–H groups in total. The van der Waals surface area contributed by atoms with Gasteiger partial charge in [0.15, 0.2) is 0 Å². The molecular formula is C18H13F3N4O5S2. The Morgan fingerprint density at radius 2 is 1.81 bits per heavy atom. The summed E-state index contributed by atoms with van der Waals surface area (Å²) in [5.41, 5.74) is -3.45. The zero-order valence-electron chi connectivity index (χ0n) is 15.8. The van der Waals surface area contributed by atoms with E-state index in [4.69, 9.17) is 5.11 Å². The van der Waals surface area contributed by atoms with E-state index in [-0.39, 0.29) is 17.7 Å². The average Bonchev–Trinajstić information content (AvgIpc) is 3.55. The molecule has 0 saturated heterocycles. The number of nitrogens with one attached hydrogen (secondary N) is 1. The maximum atomic E-state index is 13.0. The molecule has 0 unspecified atom stereocenters. The Labute approximate surface area is 186 Å². The third-order valence-electron chi connectivity index (χ3n) is 4.27. The van der Waals surface area contributed by atoms with Gasteiger partial charge in [-0.3, -0.25) is 14.9 Å². The first-order chi connectivity index (χ1) is 15.0. The second-order valence-electron chi connectivity index (χ2n) is 6.35. The minimum absolute atomic E-state index is 0.169. The zero-order valence-corrected chi connectivity index (χ0v) is 17.5. The van der Waals surface area contributed by atoms with Gasteiger partial charge in [-0.15, -0.1) is 10.2 Å². The van der Waals surface area contributed by atoms with Crippen molar-refractivity contribution in [2.24, 2.45) is 10.2 Å². The van der Waals surface area contributed by atoms with Gasteiger partial charge in [0.2, 0.25) is 0 Å². The van der Waals surface area contributed by atoms with Gasteiger partial charge in [0.05, 0.1) is 4.92 Å². The Hall–Kier alpha value is -3.13. The molecule has 1 amide bonds. The summed E-state index contributed by atoms with van der Waals surface area (Å²) in [4.78, 5) is 33.9. The van der Waals surface area contributed by atoms with Gasteiger partial charge in [-0.05, 0) is 24.3 Å². The first-order valence-electron chi connectivity index (χ1n) is 8.76. The van der Waals surface area contributed by atoms with Gasteiger partial charge < -0.3 is 10.4 Å². The highest BCUT2D eigenvalue weighted by atomic mass is 33.1. The number of carboxylic acids is 1. The van der Waals surface area contributed by atoms with E-state index >= 15 is 0 Å². The molecule has 0 saturated carbocycles. The van der Waals surface area contributed by atoms with Gasteiger partial charge in [-0.25, -0.2) is 4.79 Å². The average molecular weight is 486 g/mol. The molecule has 9 nitrogen and oxygen atoms in total. The molecule has 0 spiro atoms. The molecule has 0 radical (unpaired) electrons. The van der Waals surface area contributed by atoms with Crippen LogP contribution in [0.5, 0.6) is 0 Å². The molecule has 0 aliphatic carbocycles. The van der Waals surface area contributed by atoms with Crippen molar-refractivity contribution in [3.05, 3.63) is 69.3 Å². The molecule has 168 valence electrons. The predicted molar refractivity (Wildman–Crippen MR) is 110 cm³/mol. The molecule has 0 bridgehead atoms. The van der Waals surface area contributed by atoms with E-state index in [1.807, 2.05) is 0 Å². The summed E-state index contributed by atoms with van der Waals surface area (Å²) < 4.78 is 39.0. The van der Waals surface area contributed by atoms with E-state index in [1.54, 1.807) is 0 Å². The Bertz CT molecular complexity index is 1090. The number of hydrogen-bond acceptors (Lipinski definition) is 8. The number of hydrogen-bond donors (Lipinski definition) is 2. The Balaban J connectivity index is 1.47. The highest BCUT2D eigenvalue weighted by Gasteiger charge is 2.65. The number of aromatic carboxylic acids is 1. The summed E-state index contributed by atoms with van der Waals surface area (Å²) in [6, 6.07) is 8.56. The topological polar surface area (TPSA) is 134 Å². The van der Waals surface area contributed by atoms with Gasteiger partial charge >= 0.3 is 17.8 Å². The second kappa shape index (κ2) is 9.16. The number of carbonyl (C=O) groups excluding carboxylic acids is 1. The molecule has 14 heteroatoms. The number of carbonyl (C=O) groups is 2. The quantitative estimate of drug-likeness (QED) is 0.228. The number of rotatable bonds is 9. The number of nitro benzene ring substituents is 1. The lowest BCUT2D eigenvalue weighted by Gasteiger charge is -2.14. The summed E-state index contributed by atoms with van der Waals surface area (Å²) in [5.74, 6) is -1.47. The van der Waals surface area contributed by atoms with Crippen LogP contribution in [0.2, 0.25) is 0 Å². The third kappa shape index (κ3) is 5.02. The van der Waals surface area contributed by atoms with Crippen LogP contribution in [0.1, 0.15) is 26.3 Å². The molecular weight excluding hydrogens is 473 g/mol. The number of carboxylic acid groups (broad SMARTS) is 1. The van der Waals surface area contributed by atoms with Gasteiger partial charge in [0, 0.05) is 34.4 Å². The van der Waals surface area contributed by atoms with Crippen molar-refractivity contribution in [1.29, 1.82) is 0 Å². The number of halogens is 3. The molecule has 3 rings (SSSR count). The van der Waals surface area contributed by atoms with Crippen LogP contribution in [0.3, 0.4) is 0 Å². The lowest BCUT2D eigenvalue weighted by molar-refractivity contribution is -0.385. The number of nitro groups is 1. The Kier molecular flexibility index (Phi) is 6.74. The van der Waals surface area contributed by atoms with Crippen molar-refractivity contribution < 1.29 is 32.8 Å². The van der Waals surface area contributed by atoms with Crippen LogP contribution in [-0.2, 0) is 5.66 Å². The lowest BCUT2D eigenvalue weighted by atomic mass is 10.0. The van der Waals surface area contributed by atoms with Crippen LogP contribution in [0, 0.1) is 10.1 Å². The molecule has 0 aromatic heterocycles. The first kappa shape index (κ1) is 23.5. The van der Waals surface area contributed by atoms with Crippen molar-refractivity contribution in [1.82, 2.24) is 5.32 Å². The monoisotopic (exact) mass is 486 g/mol. The second-order valence-corrected chi connectivity index (χ2v) is 8.84. The van der Waals surface area contributed by atoms with E-state index in [2.05, 4.69) is 15.5 Å². The van der Waals surface area contributed by atoms with Crippen molar-refractivity contribution in [2.75, 3.05) is 12.3 Å². The van der Waals surface area contributed by atoms with E-state index in [0.29, 0.717) is 10.6 Å². The summed E-state index contributed by atoms with van der Waals surface area (Å²) in [6.07, 6.45) is -4.64. The smallest absolute Gasteiger partial charge is 0.442 e. The normalized spacial score (nSPS) is 14.1. The SMILES string of the molecule is O=C(NCCSSc1ccc([N+](=O)[O-])c(C(=O)O)c1)c1ccc(C2(C(F)(F)F)N=N2)cc1. The van der Waals surface area contributed by atoms with E-state index in [0.717, 1.165) is 18.2 Å². The summed E-state index contributed by atoms with van der Waals surface area (Å²) in [6.45, 7) is 0.230. The van der Waals surface area contributed by atoms with Crippen molar-refractivity contribution in [2.45, 2.75) is 16.7 Å². The molecule has 0 fully saturated rings. The summed E-state index contributed by atoms with van der Waals surface area (Å²) >= 11 is 0. The van der Waals surface area contributed by atoms with E-state index < -0.39 is 39.9 Å². The fourth-order valence-electron chi connectivity index (χ4n) is 2.61. The van der Waals surface area contributed by atoms with Crippen LogP contribution in [0.4, 0.5) is 18.9 Å². The van der Waals surface area contributed by atoms with Crippen LogP contribution in [-0.4, -0.2) is 40.4 Å². The number of benzene rings is 2. The highest BCUT2D eigenvalue weighted by molar-refractivity contribution is 8.76. The molecule has 1 aliphatic heterocycles. The molecule has 2 aromatic carbocycles.